The zero-order chi connectivity index (χ0) is 5.44. The highest BCUT2D eigenvalue weighted by molar-refractivity contribution is 4.80. The van der Waals surface area contributed by atoms with Gasteiger partial charge in [-0.25, -0.2) is 0 Å². The Balaban J connectivity index is 2.20. The Kier molecular flexibility index (Phi) is 1.03. The van der Waals surface area contributed by atoms with E-state index in [1.165, 1.54) is 0 Å². The molecule has 1 aliphatic rings. The van der Waals surface area contributed by atoms with Crippen LogP contribution in [0.3, 0.4) is 0 Å². The molecule has 0 unspecified atom stereocenters. The quantitative estimate of drug-likeness (QED) is 0.279. The van der Waals surface area contributed by atoms with Gasteiger partial charge in [0.1, 0.15) is 0 Å². The molecule has 3 heteroatoms. The smallest absolute Gasteiger partial charge is 0.0788 e. The lowest BCUT2D eigenvalue weighted by molar-refractivity contribution is -0.660. The van der Waals surface area contributed by atoms with E-state index >= 15 is 0 Å². The van der Waals surface area contributed by atoms with Gasteiger partial charge in [-0.3, -0.25) is 0 Å². The molecule has 0 aromatic heterocycles. The van der Waals surface area contributed by atoms with E-state index in [0.717, 1.165) is 0 Å². The average Bonchev–Trinajstić information content (AvgIpc) is 2.17. The third kappa shape index (κ3) is 0.907. The summed E-state index contributed by atoms with van der Waals surface area (Å²) in [7, 11) is 0. The highest BCUT2D eigenvalue weighted by Crippen LogP contribution is 2.20. The van der Waals surface area contributed by atoms with Crippen molar-refractivity contribution < 1.29 is 14.9 Å². The second-order valence-corrected chi connectivity index (χ2v) is 1.67. The van der Waals surface area contributed by atoms with E-state index in [0.29, 0.717) is 0 Å². The van der Waals surface area contributed by atoms with Crippen LogP contribution < -0.4 is 10.2 Å². The van der Waals surface area contributed by atoms with Crippen LogP contribution in [-0.4, -0.2) is 18.5 Å². The molecule has 42 valence electrons. The van der Waals surface area contributed by atoms with Gasteiger partial charge < -0.3 is 14.9 Å². The number of hydrogen-bond acceptors (Lipinski definition) is 3. The molecule has 0 amide bonds. The molecule has 0 aliphatic carbocycles. The molecule has 0 radical (unpaired) electrons. The number of hydrogen-bond donors (Lipinski definition) is 0. The molecule has 0 bridgehead atoms. The summed E-state index contributed by atoms with van der Waals surface area (Å²) in [5.74, 6) is 0. The molecule has 1 fully saturated rings. The van der Waals surface area contributed by atoms with E-state index in [-0.39, 0.29) is 6.10 Å². The van der Waals surface area contributed by atoms with Crippen LogP contribution in [0.2, 0.25) is 0 Å². The molecule has 0 spiro atoms. The fraction of sp³-hybridized carbons (Fsp3) is 1.00. The summed E-state index contributed by atoms with van der Waals surface area (Å²) in [6, 6.07) is 0. The number of epoxide rings is 1. The summed E-state index contributed by atoms with van der Waals surface area (Å²) < 4.78 is 4.55. The molecule has 0 N–H and O–H groups in total. The van der Waals surface area contributed by atoms with Crippen LogP contribution in [0, 0.1) is 0 Å². The van der Waals surface area contributed by atoms with Gasteiger partial charge in [-0.2, -0.15) is 6.29 Å². The van der Waals surface area contributed by atoms with Gasteiger partial charge in [0.25, 0.3) is 0 Å². The van der Waals surface area contributed by atoms with Crippen molar-refractivity contribution in [3.8, 4) is 0 Å². The SMILES string of the molecule is C[C@@H]1O[C@@H]1C([O-])[O-]. The van der Waals surface area contributed by atoms with Crippen molar-refractivity contribution in [3.63, 3.8) is 0 Å². The van der Waals surface area contributed by atoms with E-state index in [1.807, 2.05) is 0 Å². The molecule has 2 atom stereocenters. The molecule has 7 heavy (non-hydrogen) atoms. The van der Waals surface area contributed by atoms with Crippen LogP contribution in [0.4, 0.5) is 0 Å². The number of rotatable bonds is 1. The summed E-state index contributed by atoms with van der Waals surface area (Å²) in [6.45, 7) is 1.72. The lowest BCUT2D eigenvalue weighted by atomic mass is 10.3. The van der Waals surface area contributed by atoms with Gasteiger partial charge in [-0.15, -0.1) is 0 Å². The summed E-state index contributed by atoms with van der Waals surface area (Å²) in [4.78, 5) is 0. The van der Waals surface area contributed by atoms with Crippen molar-refractivity contribution >= 4 is 0 Å². The molecule has 1 saturated heterocycles. The molecule has 3 nitrogen and oxygen atoms in total. The zero-order valence-corrected chi connectivity index (χ0v) is 3.96. The third-order valence-corrected chi connectivity index (χ3v) is 1.03. The fourth-order valence-corrected chi connectivity index (χ4v) is 0.488. The first-order valence-electron chi connectivity index (χ1n) is 2.19. The van der Waals surface area contributed by atoms with Gasteiger partial charge in [0.05, 0.1) is 12.2 Å². The van der Waals surface area contributed by atoms with Crippen molar-refractivity contribution in [3.05, 3.63) is 0 Å². The van der Waals surface area contributed by atoms with Crippen LogP contribution in [0.1, 0.15) is 6.92 Å². The molecule has 0 aromatic carbocycles. The van der Waals surface area contributed by atoms with Crippen LogP contribution >= 0.6 is 0 Å². The average molecular weight is 102 g/mol. The summed E-state index contributed by atoms with van der Waals surface area (Å²) in [5, 5.41) is 19.6. The standard InChI is InChI=1S/C4H6O3/c1-2-3(7-2)4(5)6/h2-4H,1H3/q-2/t2-,3-/m0/s1. The summed E-state index contributed by atoms with van der Waals surface area (Å²) in [6.07, 6.45) is -2.41. The maximum absolute atomic E-state index is 9.82. The topological polar surface area (TPSA) is 58.6 Å². The maximum Gasteiger partial charge on any atom is 0.0788 e. The maximum atomic E-state index is 9.82. The van der Waals surface area contributed by atoms with Crippen LogP contribution in [0.15, 0.2) is 0 Å². The molecular weight excluding hydrogens is 96.0 g/mol. The second kappa shape index (κ2) is 1.43. The summed E-state index contributed by atoms with van der Waals surface area (Å²) >= 11 is 0. The van der Waals surface area contributed by atoms with Crippen LogP contribution in [0.5, 0.6) is 0 Å². The van der Waals surface area contributed by atoms with Crippen molar-refractivity contribution in [1.82, 2.24) is 0 Å². The first-order chi connectivity index (χ1) is 3.22. The molecule has 1 heterocycles. The normalized spacial score (nSPS) is 39.4. The van der Waals surface area contributed by atoms with Crippen LogP contribution in [0.25, 0.3) is 0 Å². The minimum atomic E-state index is -1.78. The Morgan fingerprint density at radius 1 is 1.57 bits per heavy atom. The Morgan fingerprint density at radius 3 is 2.00 bits per heavy atom. The van der Waals surface area contributed by atoms with Gasteiger partial charge in [0.15, 0.2) is 0 Å². The molecule has 0 saturated carbocycles. The van der Waals surface area contributed by atoms with Gasteiger partial charge in [-0.05, 0) is 6.92 Å². The zero-order valence-electron chi connectivity index (χ0n) is 3.96. The third-order valence-electron chi connectivity index (χ3n) is 1.03. The molecular formula is C4H6O3-2. The van der Waals surface area contributed by atoms with Crippen LogP contribution in [-0.2, 0) is 4.74 Å². The predicted molar refractivity (Wildman–Crippen MR) is 18.1 cm³/mol. The second-order valence-electron chi connectivity index (χ2n) is 1.67. The van der Waals surface area contributed by atoms with E-state index in [2.05, 4.69) is 4.74 Å². The summed E-state index contributed by atoms with van der Waals surface area (Å²) in [5.41, 5.74) is 0. The predicted octanol–water partition coefficient (Wildman–Crippen LogP) is -2.18. The van der Waals surface area contributed by atoms with Gasteiger partial charge in [-0.1, -0.05) is 0 Å². The van der Waals surface area contributed by atoms with E-state index < -0.39 is 12.4 Å². The lowest BCUT2D eigenvalue weighted by Crippen LogP contribution is -2.44. The van der Waals surface area contributed by atoms with E-state index in [4.69, 9.17) is 0 Å². The number of ether oxygens (including phenoxy) is 1. The van der Waals surface area contributed by atoms with Crippen molar-refractivity contribution in [2.75, 3.05) is 0 Å². The Bertz CT molecular complexity index is 71.3. The van der Waals surface area contributed by atoms with Gasteiger partial charge in [0, 0.05) is 0 Å². The fourth-order valence-electron chi connectivity index (χ4n) is 0.488. The lowest BCUT2D eigenvalue weighted by Gasteiger charge is -2.25. The minimum Gasteiger partial charge on any atom is -0.864 e. The molecule has 1 rings (SSSR count). The van der Waals surface area contributed by atoms with E-state index in [1.54, 1.807) is 6.92 Å². The van der Waals surface area contributed by atoms with Gasteiger partial charge >= 0.3 is 0 Å². The Hall–Kier alpha value is -0.120. The highest BCUT2D eigenvalue weighted by atomic mass is 16.6. The van der Waals surface area contributed by atoms with Crippen molar-refractivity contribution in [1.29, 1.82) is 0 Å². The van der Waals surface area contributed by atoms with Crippen molar-refractivity contribution in [2.24, 2.45) is 0 Å². The minimum absolute atomic E-state index is 0.0833. The first-order valence-corrected chi connectivity index (χ1v) is 2.19. The van der Waals surface area contributed by atoms with Crippen molar-refractivity contribution in [2.45, 2.75) is 25.4 Å². The largest absolute Gasteiger partial charge is 0.864 e. The molecule has 1 aliphatic heterocycles. The highest BCUT2D eigenvalue weighted by Gasteiger charge is 2.30. The Labute approximate surface area is 41.5 Å². The van der Waals surface area contributed by atoms with E-state index in [9.17, 15) is 10.2 Å². The first kappa shape index (κ1) is 5.03. The monoisotopic (exact) mass is 102 g/mol. The van der Waals surface area contributed by atoms with Gasteiger partial charge in [0.2, 0.25) is 0 Å². The molecule has 0 aromatic rings. The Morgan fingerprint density at radius 2 is 2.00 bits per heavy atom.